The van der Waals surface area contributed by atoms with Crippen LogP contribution in [0.3, 0.4) is 0 Å². The van der Waals surface area contributed by atoms with Crippen molar-refractivity contribution in [2.75, 3.05) is 13.2 Å². The number of nitrogens with one attached hydrogen (secondary N) is 1. The zero-order chi connectivity index (χ0) is 17.0. The molecule has 0 aromatic carbocycles. The fourth-order valence-electron chi connectivity index (χ4n) is 1.97. The maximum Gasteiger partial charge on any atom is 0.217 e. The van der Waals surface area contributed by atoms with Gasteiger partial charge in [0.05, 0.1) is 12.7 Å². The Morgan fingerprint density at radius 3 is 2.36 bits per heavy atom. The lowest BCUT2D eigenvalue weighted by atomic mass is 9.96. The van der Waals surface area contributed by atoms with Gasteiger partial charge in [-0.25, -0.2) is 0 Å². The average molecular weight is 309 g/mol. The van der Waals surface area contributed by atoms with Crippen molar-refractivity contribution in [2.24, 2.45) is 5.92 Å². The molecule has 1 amide bonds. The highest BCUT2D eigenvalue weighted by molar-refractivity contribution is 5.72. The Kier molecular flexibility index (Phi) is 11.4. The summed E-state index contributed by atoms with van der Waals surface area (Å²) in [5.41, 5.74) is 2.22. The Hall–Kier alpha value is -1.39. The number of hydrogen-bond acceptors (Lipinski definition) is 3. The number of allylic oxidation sites excluding steroid dienone is 4. The Morgan fingerprint density at radius 2 is 1.77 bits per heavy atom. The highest BCUT2D eigenvalue weighted by Crippen LogP contribution is 2.16. The van der Waals surface area contributed by atoms with Crippen LogP contribution < -0.4 is 5.32 Å². The van der Waals surface area contributed by atoms with Crippen LogP contribution in [0.2, 0.25) is 0 Å². The van der Waals surface area contributed by atoms with Gasteiger partial charge in [0.1, 0.15) is 0 Å². The molecule has 0 radical (unpaired) electrons. The van der Waals surface area contributed by atoms with E-state index in [1.54, 1.807) is 6.08 Å². The van der Waals surface area contributed by atoms with Gasteiger partial charge in [0.2, 0.25) is 5.91 Å². The first kappa shape index (κ1) is 20.6. The summed E-state index contributed by atoms with van der Waals surface area (Å²) in [6.07, 6.45) is 9.81. The number of aliphatic hydroxyl groups excluding tert-OH is 2. The summed E-state index contributed by atoms with van der Waals surface area (Å²) in [6, 6.07) is 0. The third-order valence-corrected chi connectivity index (χ3v) is 3.73. The Balaban J connectivity index is 4.05. The van der Waals surface area contributed by atoms with Crippen LogP contribution in [0, 0.1) is 5.92 Å². The van der Waals surface area contributed by atoms with Crippen LogP contribution in [0.4, 0.5) is 0 Å². The number of rotatable bonds is 10. The first-order valence-corrected chi connectivity index (χ1v) is 7.90. The maximum absolute atomic E-state index is 10.7. The van der Waals surface area contributed by atoms with Crippen LogP contribution in [-0.4, -0.2) is 35.4 Å². The van der Waals surface area contributed by atoms with Gasteiger partial charge in [-0.2, -0.15) is 0 Å². The average Bonchev–Trinajstić information content (AvgIpc) is 2.46. The van der Waals surface area contributed by atoms with E-state index >= 15 is 0 Å². The molecule has 0 aliphatic heterocycles. The predicted molar refractivity (Wildman–Crippen MR) is 91.4 cm³/mol. The van der Waals surface area contributed by atoms with Gasteiger partial charge < -0.3 is 15.5 Å². The summed E-state index contributed by atoms with van der Waals surface area (Å²) in [5, 5.41) is 21.7. The summed E-state index contributed by atoms with van der Waals surface area (Å²) in [4.78, 5) is 10.7. The van der Waals surface area contributed by atoms with Crippen molar-refractivity contribution in [3.63, 3.8) is 0 Å². The van der Waals surface area contributed by atoms with Crippen molar-refractivity contribution in [3.05, 3.63) is 35.5 Å². The molecule has 0 aromatic rings. The second-order valence-electron chi connectivity index (χ2n) is 5.72. The largest absolute Gasteiger partial charge is 0.393 e. The number of hydrogen-bond donors (Lipinski definition) is 3. The fourth-order valence-corrected chi connectivity index (χ4v) is 1.97. The van der Waals surface area contributed by atoms with Gasteiger partial charge in [-0.15, -0.1) is 0 Å². The molecule has 0 rings (SSSR count). The lowest BCUT2D eigenvalue weighted by molar-refractivity contribution is -0.118. The maximum atomic E-state index is 10.7. The van der Waals surface area contributed by atoms with Crippen LogP contribution in [0.1, 0.15) is 47.0 Å². The third-order valence-electron chi connectivity index (χ3n) is 3.73. The van der Waals surface area contributed by atoms with Crippen LogP contribution in [-0.2, 0) is 4.79 Å². The minimum Gasteiger partial charge on any atom is -0.393 e. The first-order valence-electron chi connectivity index (χ1n) is 7.90. The molecule has 0 spiro atoms. The summed E-state index contributed by atoms with van der Waals surface area (Å²) < 4.78 is 0. The van der Waals surface area contributed by atoms with Crippen molar-refractivity contribution in [1.82, 2.24) is 5.32 Å². The van der Waals surface area contributed by atoms with Crippen molar-refractivity contribution < 1.29 is 15.0 Å². The highest BCUT2D eigenvalue weighted by atomic mass is 16.3. The van der Waals surface area contributed by atoms with E-state index in [0.717, 1.165) is 30.4 Å². The molecule has 4 nitrogen and oxygen atoms in total. The number of aliphatic hydroxyl groups is 2. The molecule has 4 heteroatoms. The van der Waals surface area contributed by atoms with Crippen LogP contribution in [0.5, 0.6) is 0 Å². The van der Waals surface area contributed by atoms with E-state index < -0.39 is 0 Å². The molecule has 0 aliphatic carbocycles. The van der Waals surface area contributed by atoms with Gasteiger partial charge in [0.15, 0.2) is 0 Å². The highest BCUT2D eigenvalue weighted by Gasteiger charge is 2.11. The number of carbonyl (C=O) groups is 1. The van der Waals surface area contributed by atoms with Gasteiger partial charge in [0.25, 0.3) is 0 Å². The molecule has 2 atom stereocenters. The molecular formula is C18H31NO3. The molecule has 22 heavy (non-hydrogen) atoms. The van der Waals surface area contributed by atoms with Crippen LogP contribution >= 0.6 is 0 Å². The molecule has 0 aromatic heterocycles. The minimum absolute atomic E-state index is 0.0366. The second kappa shape index (κ2) is 12.2. The molecule has 0 bridgehead atoms. The zero-order valence-corrected chi connectivity index (χ0v) is 14.3. The second-order valence-corrected chi connectivity index (χ2v) is 5.72. The number of amides is 1. The zero-order valence-electron chi connectivity index (χ0n) is 14.3. The van der Waals surface area contributed by atoms with E-state index in [2.05, 4.69) is 11.4 Å². The van der Waals surface area contributed by atoms with E-state index in [9.17, 15) is 9.90 Å². The molecule has 126 valence electrons. The molecule has 0 heterocycles. The van der Waals surface area contributed by atoms with Gasteiger partial charge in [0, 0.05) is 13.5 Å². The van der Waals surface area contributed by atoms with Crippen molar-refractivity contribution in [3.8, 4) is 0 Å². The first-order chi connectivity index (χ1) is 10.4. The molecular weight excluding hydrogens is 278 g/mol. The monoisotopic (exact) mass is 309 g/mol. The van der Waals surface area contributed by atoms with E-state index in [1.165, 1.54) is 6.92 Å². The predicted octanol–water partition coefficient (Wildman–Crippen LogP) is 2.73. The van der Waals surface area contributed by atoms with Crippen molar-refractivity contribution in [2.45, 2.75) is 53.1 Å². The van der Waals surface area contributed by atoms with E-state index in [1.807, 2.05) is 32.9 Å². The summed E-state index contributed by atoms with van der Waals surface area (Å²) in [7, 11) is 0. The number of carbonyl (C=O) groups excluding carboxylic acids is 1. The molecule has 0 aliphatic rings. The molecule has 3 N–H and O–H groups in total. The fraction of sp³-hybridized carbons (Fsp3) is 0.611. The van der Waals surface area contributed by atoms with Gasteiger partial charge >= 0.3 is 0 Å². The van der Waals surface area contributed by atoms with Gasteiger partial charge in [-0.05, 0) is 39.0 Å². The minimum atomic E-state index is -0.336. The Bertz CT molecular complexity index is 411. The topological polar surface area (TPSA) is 69.6 Å². The van der Waals surface area contributed by atoms with E-state index in [-0.39, 0.29) is 24.5 Å². The van der Waals surface area contributed by atoms with Crippen molar-refractivity contribution >= 4 is 5.91 Å². The lowest BCUT2D eigenvalue weighted by Crippen LogP contribution is -2.19. The standard InChI is InChI=1S/C18H31NO3/c1-14(15(2)11-13-20)9-7-10-18(22)16(3)8-5-6-12-19-17(4)21/h5-6,9,11,16,18,20,22H,7-8,10,12-13H2,1-4H3,(H,19,21)/b6-5+,14-9+,15-11+/t16-,18-/m0/s1. The summed E-state index contributed by atoms with van der Waals surface area (Å²) >= 11 is 0. The van der Waals surface area contributed by atoms with Gasteiger partial charge in [-0.1, -0.05) is 42.4 Å². The van der Waals surface area contributed by atoms with Crippen molar-refractivity contribution in [1.29, 1.82) is 0 Å². The Morgan fingerprint density at radius 1 is 1.14 bits per heavy atom. The Labute approximate surface area is 134 Å². The quantitative estimate of drug-likeness (QED) is 0.429. The molecule has 0 saturated heterocycles. The lowest BCUT2D eigenvalue weighted by Gasteiger charge is -2.16. The molecule has 0 fully saturated rings. The van der Waals surface area contributed by atoms with Crippen LogP contribution in [0.25, 0.3) is 0 Å². The van der Waals surface area contributed by atoms with E-state index in [0.29, 0.717) is 6.54 Å². The van der Waals surface area contributed by atoms with Gasteiger partial charge in [-0.3, -0.25) is 4.79 Å². The summed E-state index contributed by atoms with van der Waals surface area (Å²) in [6.45, 7) is 8.11. The molecule has 0 saturated carbocycles. The normalized spacial score (nSPS) is 15.9. The van der Waals surface area contributed by atoms with Crippen LogP contribution in [0.15, 0.2) is 35.5 Å². The summed E-state index contributed by atoms with van der Waals surface area (Å²) in [5.74, 6) is 0.154. The smallest absolute Gasteiger partial charge is 0.217 e. The third kappa shape index (κ3) is 10.4. The molecule has 0 unspecified atom stereocenters. The van der Waals surface area contributed by atoms with E-state index in [4.69, 9.17) is 5.11 Å². The SMILES string of the molecule is CC(=O)NC/C=C/C[C@H](C)[C@@H](O)CC/C=C(C)/C(C)=C/CO.